The van der Waals surface area contributed by atoms with E-state index in [1.165, 1.54) is 135 Å². The molecule has 48 heavy (non-hydrogen) atoms. The van der Waals surface area contributed by atoms with Gasteiger partial charge in [0.25, 0.3) is 0 Å². The van der Waals surface area contributed by atoms with Crippen LogP contribution in [-0.2, 0) is 9.59 Å². The van der Waals surface area contributed by atoms with Gasteiger partial charge in [0.15, 0.2) is 0 Å². The van der Waals surface area contributed by atoms with Crippen LogP contribution in [-0.4, -0.2) is 33.2 Å². The number of rotatable bonds is 29. The number of benzene rings is 1. The van der Waals surface area contributed by atoms with E-state index in [9.17, 15) is 14.4 Å². The smallest absolute Gasteiger partial charge is 0.335 e. The van der Waals surface area contributed by atoms with E-state index in [4.69, 9.17) is 15.3 Å². The highest BCUT2D eigenvalue weighted by Gasteiger charge is 2.06. The molecule has 1 aromatic rings. The molecular formula is C41H71BrO6. The van der Waals surface area contributed by atoms with Crippen LogP contribution in [0, 0.1) is 6.92 Å². The normalized spacial score (nSPS) is 10.7. The maximum atomic E-state index is 10.6. The maximum Gasteiger partial charge on any atom is 0.335 e. The predicted molar refractivity (Wildman–Crippen MR) is 206 cm³/mol. The molecule has 0 saturated carbocycles. The first-order valence-electron chi connectivity index (χ1n) is 19.2. The third-order valence-corrected chi connectivity index (χ3v) is 8.82. The van der Waals surface area contributed by atoms with Crippen LogP contribution in [0.15, 0.2) is 34.8 Å². The molecule has 6 nitrogen and oxygen atoms in total. The van der Waals surface area contributed by atoms with Crippen molar-refractivity contribution in [2.45, 2.75) is 194 Å². The number of aromatic carboxylic acids is 1. The summed E-state index contributed by atoms with van der Waals surface area (Å²) in [6.45, 7) is 6.28. The molecule has 0 fully saturated rings. The van der Waals surface area contributed by atoms with Gasteiger partial charge in [0.1, 0.15) is 0 Å². The summed E-state index contributed by atoms with van der Waals surface area (Å²) < 4.78 is 0.792. The van der Waals surface area contributed by atoms with Crippen molar-refractivity contribution in [1.82, 2.24) is 0 Å². The number of carbonyl (C=O) groups is 3. The van der Waals surface area contributed by atoms with Crippen molar-refractivity contribution in [3.8, 4) is 0 Å². The summed E-state index contributed by atoms with van der Waals surface area (Å²) in [5, 5.41) is 25.6. The third-order valence-electron chi connectivity index (χ3n) is 8.33. The van der Waals surface area contributed by atoms with E-state index in [1.54, 1.807) is 19.1 Å². The van der Waals surface area contributed by atoms with Crippen LogP contribution in [0.25, 0.3) is 0 Å². The SMILES string of the molecule is CCCCCCCCC=CCCCCCCCCC(=O)O.CCCCCCCCCCCCCC(=O)O.Cc1ccc(Br)cc1C(=O)O. The van der Waals surface area contributed by atoms with Crippen molar-refractivity contribution in [2.24, 2.45) is 0 Å². The van der Waals surface area contributed by atoms with E-state index in [0.717, 1.165) is 35.7 Å². The Hall–Kier alpha value is -2.15. The average Bonchev–Trinajstić information content (AvgIpc) is 3.05. The summed E-state index contributed by atoms with van der Waals surface area (Å²) in [6.07, 6.45) is 37.1. The second-order valence-electron chi connectivity index (χ2n) is 13.0. The van der Waals surface area contributed by atoms with Crippen LogP contribution in [0.1, 0.15) is 203 Å². The van der Waals surface area contributed by atoms with Crippen LogP contribution in [0.3, 0.4) is 0 Å². The Labute approximate surface area is 302 Å². The Bertz CT molecular complexity index is 930. The van der Waals surface area contributed by atoms with E-state index in [2.05, 4.69) is 41.9 Å². The first-order valence-corrected chi connectivity index (χ1v) is 20.0. The lowest BCUT2D eigenvalue weighted by Crippen LogP contribution is -1.98. The van der Waals surface area contributed by atoms with Gasteiger partial charge < -0.3 is 15.3 Å². The Morgan fingerprint density at radius 3 is 1.19 bits per heavy atom. The average molecular weight is 740 g/mol. The zero-order valence-corrected chi connectivity index (χ0v) is 32.5. The Kier molecular flexibility index (Phi) is 37.6. The second-order valence-corrected chi connectivity index (χ2v) is 13.9. The van der Waals surface area contributed by atoms with Crippen LogP contribution in [0.4, 0.5) is 0 Å². The fraction of sp³-hybridized carbons (Fsp3) is 0.732. The highest BCUT2D eigenvalue weighted by atomic mass is 79.9. The Morgan fingerprint density at radius 1 is 0.542 bits per heavy atom. The highest BCUT2D eigenvalue weighted by molar-refractivity contribution is 9.10. The van der Waals surface area contributed by atoms with E-state index in [1.807, 2.05) is 6.07 Å². The zero-order chi connectivity index (χ0) is 36.1. The summed E-state index contributed by atoms with van der Waals surface area (Å²) >= 11 is 3.20. The molecule has 0 saturated heterocycles. The molecule has 278 valence electrons. The molecule has 0 aliphatic heterocycles. The van der Waals surface area contributed by atoms with Crippen molar-refractivity contribution in [1.29, 1.82) is 0 Å². The molecule has 0 aliphatic carbocycles. The monoisotopic (exact) mass is 738 g/mol. The van der Waals surface area contributed by atoms with Gasteiger partial charge in [-0.05, 0) is 63.1 Å². The molecule has 0 aliphatic rings. The second kappa shape index (κ2) is 37.7. The van der Waals surface area contributed by atoms with Crippen LogP contribution >= 0.6 is 15.9 Å². The quantitative estimate of drug-likeness (QED) is 0.0557. The van der Waals surface area contributed by atoms with Crippen LogP contribution in [0.2, 0.25) is 0 Å². The van der Waals surface area contributed by atoms with Crippen molar-refractivity contribution in [3.05, 3.63) is 46.0 Å². The number of carboxylic acids is 3. The molecule has 7 heteroatoms. The number of hydrogen-bond acceptors (Lipinski definition) is 3. The molecule has 0 bridgehead atoms. The fourth-order valence-electron chi connectivity index (χ4n) is 5.29. The molecule has 0 unspecified atom stereocenters. The Morgan fingerprint density at radius 2 is 0.875 bits per heavy atom. The summed E-state index contributed by atoms with van der Waals surface area (Å²) in [5.74, 6) is -2.20. The molecule has 0 spiro atoms. The lowest BCUT2D eigenvalue weighted by molar-refractivity contribution is -0.138. The molecule has 0 radical (unpaired) electrons. The van der Waals surface area contributed by atoms with Gasteiger partial charge in [0, 0.05) is 17.3 Å². The van der Waals surface area contributed by atoms with Gasteiger partial charge in [-0.15, -0.1) is 0 Å². The number of allylic oxidation sites excluding steroid dienone is 2. The Balaban J connectivity index is 0. The number of aryl methyl sites for hydroxylation is 1. The molecule has 3 N–H and O–H groups in total. The summed E-state index contributed by atoms with van der Waals surface area (Å²) in [7, 11) is 0. The summed E-state index contributed by atoms with van der Waals surface area (Å²) in [4.78, 5) is 31.2. The van der Waals surface area contributed by atoms with Gasteiger partial charge in [-0.2, -0.15) is 0 Å². The lowest BCUT2D eigenvalue weighted by atomic mass is 10.1. The molecule has 0 heterocycles. The van der Waals surface area contributed by atoms with Gasteiger partial charge in [0.05, 0.1) is 5.56 Å². The minimum atomic E-state index is -0.885. The van der Waals surface area contributed by atoms with E-state index < -0.39 is 17.9 Å². The van der Waals surface area contributed by atoms with E-state index in [0.29, 0.717) is 18.4 Å². The first kappa shape index (κ1) is 48.0. The van der Waals surface area contributed by atoms with Gasteiger partial charge >= 0.3 is 17.9 Å². The van der Waals surface area contributed by atoms with Crippen molar-refractivity contribution >= 4 is 33.8 Å². The molecule has 1 aromatic carbocycles. The largest absolute Gasteiger partial charge is 0.481 e. The fourth-order valence-corrected chi connectivity index (χ4v) is 5.65. The van der Waals surface area contributed by atoms with Gasteiger partial charge in [0.2, 0.25) is 0 Å². The minimum absolute atomic E-state index is 0.335. The molecular weight excluding hydrogens is 668 g/mol. The first-order chi connectivity index (χ1) is 23.1. The number of aliphatic carboxylic acids is 2. The molecule has 0 aromatic heterocycles. The van der Waals surface area contributed by atoms with Crippen molar-refractivity contribution in [3.63, 3.8) is 0 Å². The van der Waals surface area contributed by atoms with E-state index in [-0.39, 0.29) is 0 Å². The number of carboxylic acid groups (broad SMARTS) is 3. The number of hydrogen-bond donors (Lipinski definition) is 3. The molecule has 0 amide bonds. The summed E-state index contributed by atoms with van der Waals surface area (Å²) in [5.41, 5.74) is 1.13. The lowest BCUT2D eigenvalue weighted by Gasteiger charge is -2.01. The highest BCUT2D eigenvalue weighted by Crippen LogP contribution is 2.16. The maximum absolute atomic E-state index is 10.6. The van der Waals surface area contributed by atoms with Gasteiger partial charge in [-0.3, -0.25) is 9.59 Å². The number of halogens is 1. The predicted octanol–water partition coefficient (Wildman–Crippen LogP) is 13.7. The molecule has 0 atom stereocenters. The third kappa shape index (κ3) is 38.3. The van der Waals surface area contributed by atoms with Crippen molar-refractivity contribution in [2.75, 3.05) is 0 Å². The zero-order valence-electron chi connectivity index (χ0n) is 30.9. The minimum Gasteiger partial charge on any atom is -0.481 e. The standard InChI is InChI=1S/C19H36O2.C14H28O2.C8H7BrO2/c1-2-3-4-5-6-7-8-9-10-11-12-13-14-15-16-17-18-19(20)21;1-2-3-4-5-6-7-8-9-10-11-12-13-14(15)16;1-5-2-3-6(9)4-7(5)8(10)11/h9-10H,2-8,11-18H2,1H3,(H,20,21);2-13H2,1H3,(H,15,16);2-4H,1H3,(H,10,11). The molecule has 1 rings (SSSR count). The van der Waals surface area contributed by atoms with E-state index >= 15 is 0 Å². The van der Waals surface area contributed by atoms with Gasteiger partial charge in [-0.1, -0.05) is 170 Å². The number of unbranched alkanes of at least 4 members (excludes halogenated alkanes) is 22. The van der Waals surface area contributed by atoms with Crippen LogP contribution in [0.5, 0.6) is 0 Å². The van der Waals surface area contributed by atoms with Crippen molar-refractivity contribution < 1.29 is 29.7 Å². The summed E-state index contributed by atoms with van der Waals surface area (Å²) in [6, 6.07) is 5.19. The topological polar surface area (TPSA) is 112 Å². The van der Waals surface area contributed by atoms with Crippen LogP contribution < -0.4 is 0 Å². The van der Waals surface area contributed by atoms with Gasteiger partial charge in [-0.25, -0.2) is 4.79 Å².